The molecule has 0 aromatic carbocycles. The number of guanidine groups is 1. The second-order valence-electron chi connectivity index (χ2n) is 7.83. The summed E-state index contributed by atoms with van der Waals surface area (Å²) < 4.78 is 2.74. The fourth-order valence-electron chi connectivity index (χ4n) is 4.58. The first-order valence-electron chi connectivity index (χ1n) is 10.4. The van der Waals surface area contributed by atoms with E-state index in [4.69, 9.17) is 4.99 Å². The topological polar surface area (TPSA) is 58.3 Å². The number of thioether (sulfide) groups is 1. The van der Waals surface area contributed by atoms with Crippen LogP contribution in [0, 0.1) is 0 Å². The van der Waals surface area contributed by atoms with Crippen LogP contribution in [0.25, 0.3) is 0 Å². The van der Waals surface area contributed by atoms with Crippen LogP contribution in [0.5, 0.6) is 0 Å². The Labute approximate surface area is 184 Å². The molecule has 4 rings (SSSR count). The highest BCUT2D eigenvalue weighted by atomic mass is 127. The molecule has 1 aromatic rings. The maximum Gasteiger partial charge on any atom is 0.194 e. The highest BCUT2D eigenvalue weighted by molar-refractivity contribution is 14.0. The predicted octanol–water partition coefficient (Wildman–Crippen LogP) is 3.45. The summed E-state index contributed by atoms with van der Waals surface area (Å²) in [6, 6.07) is 0. The van der Waals surface area contributed by atoms with Gasteiger partial charge in [-0.25, -0.2) is 4.99 Å². The van der Waals surface area contributed by atoms with Crippen molar-refractivity contribution in [2.75, 3.05) is 25.4 Å². The zero-order chi connectivity index (χ0) is 17.8. The number of hydrogen-bond acceptors (Lipinski definition) is 4. The third-order valence-corrected chi connectivity index (χ3v) is 7.49. The quantitative estimate of drug-likeness (QED) is 0.388. The van der Waals surface area contributed by atoms with Crippen molar-refractivity contribution in [1.82, 2.24) is 25.0 Å². The molecule has 0 radical (unpaired) electrons. The summed E-state index contributed by atoms with van der Waals surface area (Å²) in [6.07, 6.45) is 10.4. The maximum absolute atomic E-state index is 4.96. The Morgan fingerprint density at radius 2 is 2.00 bits per heavy atom. The van der Waals surface area contributed by atoms with E-state index < -0.39 is 0 Å². The molecule has 0 amide bonds. The van der Waals surface area contributed by atoms with Gasteiger partial charge in [-0.1, -0.05) is 19.3 Å². The van der Waals surface area contributed by atoms with Crippen LogP contribution in [0.4, 0.5) is 0 Å². The van der Waals surface area contributed by atoms with Crippen molar-refractivity contribution in [3.8, 4) is 0 Å². The Morgan fingerprint density at radius 3 is 2.81 bits per heavy atom. The lowest BCUT2D eigenvalue weighted by atomic mass is 9.87. The minimum atomic E-state index is 0. The molecule has 1 spiro atoms. The molecule has 1 saturated heterocycles. The third-order valence-electron chi connectivity index (χ3n) is 5.95. The van der Waals surface area contributed by atoms with E-state index in [1.807, 2.05) is 0 Å². The lowest BCUT2D eigenvalue weighted by Crippen LogP contribution is -2.53. The van der Waals surface area contributed by atoms with Crippen LogP contribution >= 0.6 is 35.7 Å². The number of halogens is 1. The van der Waals surface area contributed by atoms with Gasteiger partial charge in [0, 0.05) is 43.1 Å². The highest BCUT2D eigenvalue weighted by Crippen LogP contribution is 2.42. The lowest BCUT2D eigenvalue weighted by Gasteiger charge is -2.45. The van der Waals surface area contributed by atoms with E-state index in [-0.39, 0.29) is 24.0 Å². The Morgan fingerprint density at radius 1 is 1.15 bits per heavy atom. The molecule has 6 nitrogen and oxygen atoms in total. The summed E-state index contributed by atoms with van der Waals surface area (Å²) >= 11 is 2.21. The van der Waals surface area contributed by atoms with Gasteiger partial charge in [0.2, 0.25) is 0 Å². The highest BCUT2D eigenvalue weighted by Gasteiger charge is 2.38. The van der Waals surface area contributed by atoms with E-state index in [0.717, 1.165) is 50.2 Å². The Balaban J connectivity index is 0.00000210. The molecule has 0 bridgehead atoms. The van der Waals surface area contributed by atoms with E-state index in [9.17, 15) is 0 Å². The smallest absolute Gasteiger partial charge is 0.194 e. The first-order chi connectivity index (χ1) is 12.8. The van der Waals surface area contributed by atoms with Crippen LogP contribution < -0.4 is 5.32 Å². The van der Waals surface area contributed by atoms with Gasteiger partial charge in [-0.05, 0) is 32.6 Å². The van der Waals surface area contributed by atoms with Crippen molar-refractivity contribution < 1.29 is 0 Å². The van der Waals surface area contributed by atoms with Gasteiger partial charge < -0.3 is 14.8 Å². The molecule has 0 unspecified atom stereocenters. The van der Waals surface area contributed by atoms with Crippen molar-refractivity contribution in [2.45, 2.75) is 76.1 Å². The van der Waals surface area contributed by atoms with E-state index in [1.54, 1.807) is 0 Å². The standard InChI is InChI=1S/C19H32N6S.HI/c1-2-20-18(21-14-17-23-22-16-8-4-7-11-25(16)17)24-12-13-26-19(15-24)9-5-3-6-10-19;/h2-15H2,1H3,(H,20,21);1H. The van der Waals surface area contributed by atoms with E-state index in [1.165, 1.54) is 50.7 Å². The number of nitrogens with one attached hydrogen (secondary N) is 1. The van der Waals surface area contributed by atoms with Gasteiger partial charge >= 0.3 is 0 Å². The second kappa shape index (κ2) is 9.80. The Bertz CT molecular complexity index is 635. The van der Waals surface area contributed by atoms with Crippen molar-refractivity contribution in [1.29, 1.82) is 0 Å². The number of aryl methyl sites for hydroxylation is 1. The largest absolute Gasteiger partial charge is 0.357 e. The van der Waals surface area contributed by atoms with Gasteiger partial charge in [-0.15, -0.1) is 34.2 Å². The molecule has 8 heteroatoms. The number of hydrogen-bond donors (Lipinski definition) is 1. The first kappa shape index (κ1) is 21.2. The molecule has 0 atom stereocenters. The average Bonchev–Trinajstić information content (AvgIpc) is 3.09. The predicted molar refractivity (Wildman–Crippen MR) is 123 cm³/mol. The summed E-state index contributed by atoms with van der Waals surface area (Å²) in [6.45, 7) is 6.98. The lowest BCUT2D eigenvalue weighted by molar-refractivity contribution is 0.293. The molecule has 27 heavy (non-hydrogen) atoms. The van der Waals surface area contributed by atoms with Crippen LogP contribution in [-0.4, -0.2) is 55.8 Å². The third kappa shape index (κ3) is 4.92. The molecule has 1 saturated carbocycles. The first-order valence-corrected chi connectivity index (χ1v) is 11.4. The fourth-order valence-corrected chi connectivity index (χ4v) is 6.15. The molecule has 1 aliphatic carbocycles. The van der Waals surface area contributed by atoms with Gasteiger partial charge in [0.15, 0.2) is 11.8 Å². The molecule has 3 heterocycles. The van der Waals surface area contributed by atoms with Crippen LogP contribution in [0.1, 0.15) is 63.5 Å². The summed E-state index contributed by atoms with van der Waals surface area (Å²) in [4.78, 5) is 7.46. The fraction of sp³-hybridized carbons (Fsp3) is 0.842. The number of fused-ring (bicyclic) bond motifs is 1. The monoisotopic (exact) mass is 504 g/mol. The van der Waals surface area contributed by atoms with Gasteiger partial charge in [-0.2, -0.15) is 11.8 Å². The van der Waals surface area contributed by atoms with Crippen LogP contribution in [-0.2, 0) is 19.5 Å². The average molecular weight is 504 g/mol. The zero-order valence-electron chi connectivity index (χ0n) is 16.5. The van der Waals surface area contributed by atoms with Crippen LogP contribution in [0.3, 0.4) is 0 Å². The molecule has 3 aliphatic rings. The maximum atomic E-state index is 4.96. The van der Waals surface area contributed by atoms with E-state index in [2.05, 4.69) is 43.7 Å². The number of aliphatic imine (C=N–C) groups is 1. The van der Waals surface area contributed by atoms with E-state index in [0.29, 0.717) is 11.3 Å². The minimum absolute atomic E-state index is 0. The molecule has 2 aliphatic heterocycles. The van der Waals surface area contributed by atoms with Crippen molar-refractivity contribution in [3.63, 3.8) is 0 Å². The summed E-state index contributed by atoms with van der Waals surface area (Å²) in [5.41, 5.74) is 0. The van der Waals surface area contributed by atoms with Gasteiger partial charge in [0.25, 0.3) is 0 Å². The summed E-state index contributed by atoms with van der Waals surface area (Å²) in [5.74, 6) is 4.44. The SMILES string of the molecule is CCNC(=NCc1nnc2n1CCCC2)N1CCSC2(CCCCC2)C1.I. The van der Waals surface area contributed by atoms with Gasteiger partial charge in [0.05, 0.1) is 0 Å². The van der Waals surface area contributed by atoms with E-state index >= 15 is 0 Å². The van der Waals surface area contributed by atoms with Gasteiger partial charge in [-0.3, -0.25) is 0 Å². The molecule has 1 N–H and O–H groups in total. The minimum Gasteiger partial charge on any atom is -0.357 e. The van der Waals surface area contributed by atoms with Crippen LogP contribution in [0.15, 0.2) is 4.99 Å². The Hall–Kier alpha value is -0.510. The summed E-state index contributed by atoms with van der Waals surface area (Å²) in [5, 5.41) is 12.3. The normalized spacial score (nSPS) is 22.3. The Kier molecular flexibility index (Phi) is 7.70. The molecular weight excluding hydrogens is 471 g/mol. The van der Waals surface area contributed by atoms with Gasteiger partial charge in [0.1, 0.15) is 12.4 Å². The summed E-state index contributed by atoms with van der Waals surface area (Å²) in [7, 11) is 0. The molecule has 152 valence electrons. The molecular formula is C19H33IN6S. The number of aromatic nitrogens is 3. The zero-order valence-corrected chi connectivity index (χ0v) is 19.6. The molecule has 1 aromatic heterocycles. The van der Waals surface area contributed by atoms with Crippen LogP contribution in [0.2, 0.25) is 0 Å². The van der Waals surface area contributed by atoms with Crippen molar-refractivity contribution >= 4 is 41.7 Å². The molecule has 2 fully saturated rings. The van der Waals surface area contributed by atoms with Crippen molar-refractivity contribution in [2.24, 2.45) is 4.99 Å². The second-order valence-corrected chi connectivity index (χ2v) is 9.39. The number of nitrogens with zero attached hydrogens (tertiary/aromatic N) is 5. The number of rotatable bonds is 3. The van der Waals surface area contributed by atoms with Crippen molar-refractivity contribution in [3.05, 3.63) is 11.6 Å².